The predicted molar refractivity (Wildman–Crippen MR) is 133 cm³/mol. The van der Waals surface area contributed by atoms with Gasteiger partial charge in [-0.25, -0.2) is 9.79 Å². The number of esters is 1. The number of nitrogens with zero attached hydrogens (tertiary/aromatic N) is 2. The molecule has 0 bridgehead atoms. The Morgan fingerprint density at radius 3 is 2.46 bits per heavy atom. The molecule has 0 saturated carbocycles. The minimum Gasteiger partial charge on any atom is -0.496 e. The Bertz CT molecular complexity index is 1480. The van der Waals surface area contributed by atoms with Crippen molar-refractivity contribution in [3.63, 3.8) is 0 Å². The van der Waals surface area contributed by atoms with Crippen molar-refractivity contribution < 1.29 is 23.7 Å². The Kier molecular flexibility index (Phi) is 7.07. The van der Waals surface area contributed by atoms with Gasteiger partial charge in [-0.2, -0.15) is 0 Å². The molecule has 0 amide bonds. The number of methoxy groups -OCH3 is 3. The van der Waals surface area contributed by atoms with Gasteiger partial charge in [0.25, 0.3) is 5.56 Å². The van der Waals surface area contributed by atoms with Crippen molar-refractivity contribution in [3.05, 3.63) is 84.5 Å². The van der Waals surface area contributed by atoms with Crippen LogP contribution in [0.3, 0.4) is 0 Å². The number of rotatable bonds is 7. The molecule has 1 unspecified atom stereocenters. The second-order valence-electron chi connectivity index (χ2n) is 7.66. The molecule has 9 heteroatoms. The van der Waals surface area contributed by atoms with Crippen molar-refractivity contribution >= 4 is 23.4 Å². The van der Waals surface area contributed by atoms with Crippen molar-refractivity contribution in [3.8, 4) is 17.2 Å². The van der Waals surface area contributed by atoms with E-state index in [4.69, 9.17) is 18.9 Å². The molecule has 0 fully saturated rings. The minimum absolute atomic E-state index is 0.206. The normalized spacial score (nSPS) is 15.3. The maximum absolute atomic E-state index is 13.7. The fourth-order valence-electron chi connectivity index (χ4n) is 4.07. The molecule has 0 spiro atoms. The molecule has 2 aromatic carbocycles. The summed E-state index contributed by atoms with van der Waals surface area (Å²) in [6.45, 7) is 3.70. The Labute approximate surface area is 206 Å². The van der Waals surface area contributed by atoms with Crippen LogP contribution in [0.25, 0.3) is 6.08 Å². The molecule has 0 aliphatic carbocycles. The van der Waals surface area contributed by atoms with Gasteiger partial charge in [0.2, 0.25) is 0 Å². The van der Waals surface area contributed by atoms with Crippen molar-refractivity contribution in [2.75, 3.05) is 27.9 Å². The Hall–Kier alpha value is -3.85. The zero-order valence-electron chi connectivity index (χ0n) is 20.2. The quantitative estimate of drug-likeness (QED) is 0.470. The maximum Gasteiger partial charge on any atom is 0.338 e. The average Bonchev–Trinajstić information content (AvgIpc) is 3.17. The summed E-state index contributed by atoms with van der Waals surface area (Å²) in [7, 11) is 4.68. The summed E-state index contributed by atoms with van der Waals surface area (Å²) in [5.74, 6) is 1.20. The van der Waals surface area contributed by atoms with E-state index in [0.29, 0.717) is 43.4 Å². The molecule has 2 heterocycles. The van der Waals surface area contributed by atoms with E-state index in [0.717, 1.165) is 5.56 Å². The van der Waals surface area contributed by atoms with E-state index in [-0.39, 0.29) is 12.2 Å². The second-order valence-corrected chi connectivity index (χ2v) is 8.67. The van der Waals surface area contributed by atoms with E-state index < -0.39 is 12.0 Å². The van der Waals surface area contributed by atoms with E-state index in [1.165, 1.54) is 15.9 Å². The highest BCUT2D eigenvalue weighted by Gasteiger charge is 2.34. The smallest absolute Gasteiger partial charge is 0.338 e. The lowest BCUT2D eigenvalue weighted by Crippen LogP contribution is -2.40. The largest absolute Gasteiger partial charge is 0.496 e. The monoisotopic (exact) mass is 494 g/mol. The van der Waals surface area contributed by atoms with Gasteiger partial charge in [-0.15, -0.1) is 0 Å². The molecule has 1 aliphatic rings. The van der Waals surface area contributed by atoms with Crippen LogP contribution in [0.1, 0.15) is 31.0 Å². The molecule has 4 rings (SSSR count). The van der Waals surface area contributed by atoms with Crippen LogP contribution in [0, 0.1) is 0 Å². The summed E-state index contributed by atoms with van der Waals surface area (Å²) in [5, 5.41) is 0. The zero-order valence-corrected chi connectivity index (χ0v) is 21.0. The number of aromatic nitrogens is 1. The molecule has 8 nitrogen and oxygen atoms in total. The third kappa shape index (κ3) is 4.46. The summed E-state index contributed by atoms with van der Waals surface area (Å²) >= 11 is 1.25. The molecular formula is C26H26N2O6S. The summed E-state index contributed by atoms with van der Waals surface area (Å²) in [5.41, 5.74) is 1.97. The molecule has 1 aliphatic heterocycles. The zero-order chi connectivity index (χ0) is 25.1. The van der Waals surface area contributed by atoms with Gasteiger partial charge in [-0.3, -0.25) is 9.36 Å². The highest BCUT2D eigenvalue weighted by atomic mass is 32.1. The molecule has 35 heavy (non-hydrogen) atoms. The number of hydrogen-bond donors (Lipinski definition) is 0. The van der Waals surface area contributed by atoms with E-state index >= 15 is 0 Å². The number of fused-ring (bicyclic) bond motifs is 1. The van der Waals surface area contributed by atoms with Gasteiger partial charge in [0.1, 0.15) is 11.8 Å². The Morgan fingerprint density at radius 1 is 1.06 bits per heavy atom. The summed E-state index contributed by atoms with van der Waals surface area (Å²) in [6.07, 6.45) is 1.77. The third-order valence-electron chi connectivity index (χ3n) is 5.66. The number of carbonyl (C=O) groups is 1. The van der Waals surface area contributed by atoms with Crippen LogP contribution in [-0.4, -0.2) is 38.5 Å². The number of carbonyl (C=O) groups excluding carboxylic acids is 1. The third-order valence-corrected chi connectivity index (χ3v) is 6.64. The standard InChI is InChI=1S/C26H26N2O6S/c1-6-34-25(30)22-15(2)27-26-28(23(22)17-9-7-8-10-18(17)31-3)24(29)21(35-26)14-16-11-12-19(32-4)20(13-16)33-5/h7-14,23H,6H2,1-5H3/b21-14+. The molecule has 3 aromatic rings. The summed E-state index contributed by atoms with van der Waals surface area (Å²) < 4.78 is 23.6. The lowest BCUT2D eigenvalue weighted by Gasteiger charge is -2.25. The number of hydrogen-bond acceptors (Lipinski definition) is 8. The lowest BCUT2D eigenvalue weighted by atomic mass is 9.95. The van der Waals surface area contributed by atoms with Crippen molar-refractivity contribution in [1.82, 2.24) is 4.57 Å². The van der Waals surface area contributed by atoms with Crippen LogP contribution in [0.2, 0.25) is 0 Å². The van der Waals surface area contributed by atoms with E-state index in [2.05, 4.69) is 4.99 Å². The van der Waals surface area contributed by atoms with Crippen molar-refractivity contribution in [2.45, 2.75) is 19.9 Å². The topological polar surface area (TPSA) is 88.4 Å². The minimum atomic E-state index is -0.742. The van der Waals surface area contributed by atoms with E-state index in [9.17, 15) is 9.59 Å². The van der Waals surface area contributed by atoms with Gasteiger partial charge in [-0.05, 0) is 43.7 Å². The predicted octanol–water partition coefficient (Wildman–Crippen LogP) is 2.82. The van der Waals surface area contributed by atoms with Crippen molar-refractivity contribution in [1.29, 1.82) is 0 Å². The van der Waals surface area contributed by atoms with Crippen LogP contribution < -0.4 is 29.1 Å². The molecule has 0 radical (unpaired) electrons. The Balaban J connectivity index is 1.96. The molecule has 182 valence electrons. The molecule has 0 saturated heterocycles. The fourth-order valence-corrected chi connectivity index (χ4v) is 5.12. The van der Waals surface area contributed by atoms with Crippen molar-refractivity contribution in [2.24, 2.45) is 4.99 Å². The number of ether oxygens (including phenoxy) is 4. The van der Waals surface area contributed by atoms with Gasteiger partial charge in [0.05, 0.1) is 43.7 Å². The van der Waals surface area contributed by atoms with Crippen LogP contribution >= 0.6 is 11.3 Å². The van der Waals surface area contributed by atoms with Crippen LogP contribution in [0.15, 0.2) is 63.5 Å². The van der Waals surface area contributed by atoms with Gasteiger partial charge >= 0.3 is 5.97 Å². The fraction of sp³-hybridized carbons (Fsp3) is 0.269. The summed E-state index contributed by atoms with van der Waals surface area (Å²) in [6, 6.07) is 12.0. The van der Waals surface area contributed by atoms with Gasteiger partial charge in [0, 0.05) is 5.56 Å². The second kappa shape index (κ2) is 10.2. The molecule has 1 atom stereocenters. The number of benzene rings is 2. The highest BCUT2D eigenvalue weighted by Crippen LogP contribution is 2.35. The average molecular weight is 495 g/mol. The first kappa shape index (κ1) is 24.3. The first-order valence-electron chi connectivity index (χ1n) is 11.0. The van der Waals surface area contributed by atoms with Gasteiger partial charge in [-0.1, -0.05) is 35.6 Å². The van der Waals surface area contributed by atoms with E-state index in [1.54, 1.807) is 59.5 Å². The first-order chi connectivity index (χ1) is 16.9. The lowest BCUT2D eigenvalue weighted by molar-refractivity contribution is -0.139. The SMILES string of the molecule is CCOC(=O)C1=C(C)N=c2s/c(=C/c3ccc(OC)c(OC)c3)c(=O)n2C1c1ccccc1OC. The van der Waals surface area contributed by atoms with Crippen LogP contribution in [0.5, 0.6) is 17.2 Å². The summed E-state index contributed by atoms with van der Waals surface area (Å²) in [4.78, 5) is 31.8. The van der Waals surface area contributed by atoms with Gasteiger partial charge < -0.3 is 18.9 Å². The number of para-hydroxylation sites is 1. The van der Waals surface area contributed by atoms with Gasteiger partial charge in [0.15, 0.2) is 16.3 Å². The van der Waals surface area contributed by atoms with Crippen LogP contribution in [-0.2, 0) is 9.53 Å². The maximum atomic E-state index is 13.7. The number of thiazole rings is 1. The first-order valence-corrected chi connectivity index (χ1v) is 11.8. The molecule has 1 aromatic heterocycles. The highest BCUT2D eigenvalue weighted by molar-refractivity contribution is 7.07. The Morgan fingerprint density at radius 2 is 1.77 bits per heavy atom. The van der Waals surface area contributed by atoms with E-state index in [1.807, 2.05) is 24.3 Å². The van der Waals surface area contributed by atoms with Crippen LogP contribution in [0.4, 0.5) is 0 Å². The molecular weight excluding hydrogens is 468 g/mol. The molecule has 0 N–H and O–H groups in total. The number of allylic oxidation sites excluding steroid dienone is 1.